The van der Waals surface area contributed by atoms with Crippen LogP contribution in [0.3, 0.4) is 0 Å². The first kappa shape index (κ1) is 12.4. The van der Waals surface area contributed by atoms with E-state index in [2.05, 4.69) is 0 Å². The molecule has 5 heteroatoms. The van der Waals surface area contributed by atoms with Gasteiger partial charge < -0.3 is 10.8 Å². The lowest BCUT2D eigenvalue weighted by atomic mass is 9.90. The number of benzene rings is 1. The molecular weight excluding hydrogens is 231 g/mol. The standard InChI is InChI=1S/C12H14F3NO/c13-9-4-2-1-3-7(9)11(16)8-5-12(14,15)6-10(8)17/h1-4,8,10-11,17H,5-6,16H2. The van der Waals surface area contributed by atoms with Gasteiger partial charge in [0.1, 0.15) is 5.82 Å². The van der Waals surface area contributed by atoms with Gasteiger partial charge in [-0.05, 0) is 6.07 Å². The van der Waals surface area contributed by atoms with Gasteiger partial charge in [0.15, 0.2) is 0 Å². The summed E-state index contributed by atoms with van der Waals surface area (Å²) in [6.45, 7) is 0. The molecule has 0 aliphatic heterocycles. The molecule has 94 valence electrons. The fraction of sp³-hybridized carbons (Fsp3) is 0.500. The molecule has 3 unspecified atom stereocenters. The van der Waals surface area contributed by atoms with Crippen molar-refractivity contribution >= 4 is 0 Å². The van der Waals surface area contributed by atoms with Gasteiger partial charge in [-0.25, -0.2) is 13.2 Å². The Balaban J connectivity index is 2.22. The summed E-state index contributed by atoms with van der Waals surface area (Å²) in [6.07, 6.45) is -2.27. The van der Waals surface area contributed by atoms with E-state index in [-0.39, 0.29) is 5.56 Å². The smallest absolute Gasteiger partial charge is 0.251 e. The molecule has 0 saturated heterocycles. The van der Waals surface area contributed by atoms with Crippen LogP contribution in [0.5, 0.6) is 0 Å². The maximum absolute atomic E-state index is 13.5. The zero-order valence-corrected chi connectivity index (χ0v) is 9.11. The molecular formula is C12H14F3NO. The predicted molar refractivity (Wildman–Crippen MR) is 57.0 cm³/mol. The summed E-state index contributed by atoms with van der Waals surface area (Å²) >= 11 is 0. The first-order chi connectivity index (χ1) is 7.91. The van der Waals surface area contributed by atoms with E-state index < -0.39 is 42.6 Å². The Hall–Kier alpha value is -1.07. The topological polar surface area (TPSA) is 46.2 Å². The number of nitrogens with two attached hydrogens (primary N) is 1. The third-order valence-corrected chi connectivity index (χ3v) is 3.26. The Labute approximate surface area is 97.2 Å². The lowest BCUT2D eigenvalue weighted by Crippen LogP contribution is -2.28. The van der Waals surface area contributed by atoms with Crippen molar-refractivity contribution in [2.24, 2.45) is 11.7 Å². The minimum Gasteiger partial charge on any atom is -0.393 e. The molecule has 0 heterocycles. The van der Waals surface area contributed by atoms with Crippen LogP contribution in [0.2, 0.25) is 0 Å². The van der Waals surface area contributed by atoms with Crippen molar-refractivity contribution in [1.29, 1.82) is 0 Å². The number of rotatable bonds is 2. The van der Waals surface area contributed by atoms with E-state index in [1.807, 2.05) is 0 Å². The summed E-state index contributed by atoms with van der Waals surface area (Å²) in [4.78, 5) is 0. The molecule has 1 aliphatic rings. The third kappa shape index (κ3) is 2.45. The van der Waals surface area contributed by atoms with Crippen molar-refractivity contribution in [3.8, 4) is 0 Å². The van der Waals surface area contributed by atoms with Crippen LogP contribution in [0.4, 0.5) is 13.2 Å². The van der Waals surface area contributed by atoms with E-state index in [0.29, 0.717) is 0 Å². The lowest BCUT2D eigenvalue weighted by molar-refractivity contribution is -0.00402. The molecule has 1 fully saturated rings. The second-order valence-corrected chi connectivity index (χ2v) is 4.54. The first-order valence-electron chi connectivity index (χ1n) is 5.46. The molecule has 0 aromatic heterocycles. The average Bonchev–Trinajstić information content (AvgIpc) is 2.52. The summed E-state index contributed by atoms with van der Waals surface area (Å²) in [5.74, 6) is -4.24. The number of aliphatic hydroxyl groups is 1. The normalized spacial score (nSPS) is 29.2. The summed E-state index contributed by atoms with van der Waals surface area (Å²) in [6, 6.07) is 4.89. The van der Waals surface area contributed by atoms with Gasteiger partial charge in [-0.2, -0.15) is 0 Å². The van der Waals surface area contributed by atoms with Crippen LogP contribution in [0.15, 0.2) is 24.3 Å². The second kappa shape index (κ2) is 4.31. The fourth-order valence-corrected chi connectivity index (χ4v) is 2.36. The summed E-state index contributed by atoms with van der Waals surface area (Å²) in [5.41, 5.74) is 5.95. The summed E-state index contributed by atoms with van der Waals surface area (Å²) in [5, 5.41) is 9.56. The first-order valence-corrected chi connectivity index (χ1v) is 5.46. The van der Waals surface area contributed by atoms with E-state index in [9.17, 15) is 18.3 Å². The van der Waals surface area contributed by atoms with E-state index in [0.717, 1.165) is 0 Å². The Kier molecular flexibility index (Phi) is 3.14. The minimum atomic E-state index is -2.91. The maximum Gasteiger partial charge on any atom is 0.251 e. The monoisotopic (exact) mass is 245 g/mol. The Morgan fingerprint density at radius 1 is 1.29 bits per heavy atom. The van der Waals surface area contributed by atoms with Crippen molar-refractivity contribution in [3.05, 3.63) is 35.6 Å². The molecule has 2 nitrogen and oxygen atoms in total. The molecule has 1 aliphatic carbocycles. The number of aliphatic hydroxyl groups excluding tert-OH is 1. The molecule has 0 radical (unpaired) electrons. The van der Waals surface area contributed by atoms with Crippen LogP contribution in [0.1, 0.15) is 24.4 Å². The van der Waals surface area contributed by atoms with Crippen molar-refractivity contribution < 1.29 is 18.3 Å². The van der Waals surface area contributed by atoms with Gasteiger partial charge in [0.25, 0.3) is 5.92 Å². The van der Waals surface area contributed by atoms with E-state index >= 15 is 0 Å². The predicted octanol–water partition coefficient (Wildman–Crippen LogP) is 2.23. The molecule has 1 aromatic rings. The van der Waals surface area contributed by atoms with Crippen LogP contribution >= 0.6 is 0 Å². The zero-order chi connectivity index (χ0) is 12.6. The summed E-state index contributed by atoms with van der Waals surface area (Å²) in [7, 11) is 0. The number of halogens is 3. The van der Waals surface area contributed by atoms with Crippen LogP contribution in [0, 0.1) is 11.7 Å². The summed E-state index contributed by atoms with van der Waals surface area (Å²) < 4.78 is 39.7. The van der Waals surface area contributed by atoms with Crippen LogP contribution in [0.25, 0.3) is 0 Å². The van der Waals surface area contributed by atoms with E-state index in [4.69, 9.17) is 5.73 Å². The molecule has 17 heavy (non-hydrogen) atoms. The average molecular weight is 245 g/mol. The Morgan fingerprint density at radius 3 is 2.47 bits per heavy atom. The van der Waals surface area contributed by atoms with Gasteiger partial charge in [-0.1, -0.05) is 18.2 Å². The van der Waals surface area contributed by atoms with Gasteiger partial charge in [-0.3, -0.25) is 0 Å². The largest absolute Gasteiger partial charge is 0.393 e. The molecule has 0 spiro atoms. The van der Waals surface area contributed by atoms with Crippen LogP contribution < -0.4 is 5.73 Å². The van der Waals surface area contributed by atoms with Gasteiger partial charge in [0.2, 0.25) is 0 Å². The molecule has 1 aromatic carbocycles. The molecule has 0 amide bonds. The Morgan fingerprint density at radius 2 is 1.94 bits per heavy atom. The SMILES string of the molecule is NC(c1ccccc1F)C1CC(F)(F)CC1O. The fourth-order valence-electron chi connectivity index (χ4n) is 2.36. The van der Waals surface area contributed by atoms with Gasteiger partial charge in [0, 0.05) is 30.4 Å². The van der Waals surface area contributed by atoms with Crippen molar-refractivity contribution in [3.63, 3.8) is 0 Å². The molecule has 3 atom stereocenters. The van der Waals surface area contributed by atoms with E-state index in [1.165, 1.54) is 18.2 Å². The van der Waals surface area contributed by atoms with Gasteiger partial charge in [-0.15, -0.1) is 0 Å². The third-order valence-electron chi connectivity index (χ3n) is 3.26. The van der Waals surface area contributed by atoms with E-state index in [1.54, 1.807) is 6.07 Å². The van der Waals surface area contributed by atoms with Crippen molar-refractivity contribution in [2.75, 3.05) is 0 Å². The molecule has 2 rings (SSSR count). The quantitative estimate of drug-likeness (QED) is 0.839. The highest BCUT2D eigenvalue weighted by Crippen LogP contribution is 2.44. The number of hydrogen-bond acceptors (Lipinski definition) is 2. The molecule has 1 saturated carbocycles. The van der Waals surface area contributed by atoms with Crippen molar-refractivity contribution in [1.82, 2.24) is 0 Å². The van der Waals surface area contributed by atoms with Crippen LogP contribution in [-0.4, -0.2) is 17.1 Å². The highest BCUT2D eigenvalue weighted by molar-refractivity contribution is 5.22. The maximum atomic E-state index is 13.5. The van der Waals surface area contributed by atoms with Gasteiger partial charge >= 0.3 is 0 Å². The highest BCUT2D eigenvalue weighted by Gasteiger charge is 2.48. The number of alkyl halides is 2. The molecule has 0 bridgehead atoms. The number of hydrogen-bond donors (Lipinski definition) is 2. The highest BCUT2D eigenvalue weighted by atomic mass is 19.3. The zero-order valence-electron chi connectivity index (χ0n) is 9.11. The van der Waals surface area contributed by atoms with Gasteiger partial charge in [0.05, 0.1) is 6.10 Å². The Bertz CT molecular complexity index is 410. The minimum absolute atomic E-state index is 0.175. The van der Waals surface area contributed by atoms with Crippen molar-refractivity contribution in [2.45, 2.75) is 30.9 Å². The lowest BCUT2D eigenvalue weighted by Gasteiger charge is -2.22. The molecule has 3 N–H and O–H groups in total. The van der Waals surface area contributed by atoms with Crippen LogP contribution in [-0.2, 0) is 0 Å². The second-order valence-electron chi connectivity index (χ2n) is 4.54.